The van der Waals surface area contributed by atoms with Gasteiger partial charge in [0.15, 0.2) is 55.3 Å². The molecule has 0 spiro atoms. The fraction of sp³-hybridized carbons (Fsp3) is 0.602. The highest BCUT2D eigenvalue weighted by Gasteiger charge is 2.48. The smallest absolute Gasteiger partial charge is 0.370 e. The number of hydrogen-bond donors (Lipinski definition) is 6. The van der Waals surface area contributed by atoms with Crippen molar-refractivity contribution in [2.75, 3.05) is 34.0 Å². The zero-order valence-electron chi connectivity index (χ0n) is 71.6. The third-order valence-corrected chi connectivity index (χ3v) is 21.4. The van der Waals surface area contributed by atoms with Crippen LogP contribution in [0, 0.1) is 0 Å². The topological polar surface area (TPSA) is 400 Å². The van der Waals surface area contributed by atoms with Gasteiger partial charge in [0.2, 0.25) is 0 Å². The summed E-state index contributed by atoms with van der Waals surface area (Å²) in [6, 6.07) is 46.1. The molecule has 6 rings (SSSR count). The molecule has 670 valence electrons. The van der Waals surface area contributed by atoms with Crippen LogP contribution in [0.1, 0.15) is 222 Å². The van der Waals surface area contributed by atoms with Gasteiger partial charge in [0.25, 0.3) is 0 Å². The van der Waals surface area contributed by atoms with Crippen LogP contribution in [0.15, 0.2) is 140 Å². The van der Waals surface area contributed by atoms with Crippen molar-refractivity contribution in [3.63, 3.8) is 0 Å². The lowest BCUT2D eigenvalue weighted by molar-refractivity contribution is -0.164. The van der Waals surface area contributed by atoms with Crippen LogP contribution in [0.4, 0.5) is 26.3 Å². The van der Waals surface area contributed by atoms with Gasteiger partial charge in [0.1, 0.15) is 19.0 Å². The van der Waals surface area contributed by atoms with Gasteiger partial charge in [-0.1, -0.05) is 198 Å². The molecule has 3 atom stereocenters. The number of rotatable bonds is 28. The van der Waals surface area contributed by atoms with Crippen LogP contribution < -0.4 is 4.74 Å². The van der Waals surface area contributed by atoms with E-state index in [-0.39, 0.29) is 0 Å². The molecule has 0 amide bonds. The van der Waals surface area contributed by atoms with Crippen LogP contribution in [-0.2, 0) is 68.4 Å². The molecule has 6 N–H and O–H groups in total. The lowest BCUT2D eigenvalue weighted by atomic mass is 10.0. The molecule has 6 aromatic rings. The molecule has 0 heterocycles. The van der Waals surface area contributed by atoms with E-state index < -0.39 is 136 Å². The number of carbonyl (C=O) groups excluding carboxylic acids is 3. The molecule has 0 saturated carbocycles. The first-order chi connectivity index (χ1) is 53.0. The summed E-state index contributed by atoms with van der Waals surface area (Å²) in [5.74, 6) is -3.29. The number of carbonyl (C=O) groups is 3. The molecule has 0 aliphatic rings. The Kier molecular flexibility index (Phi) is 57.6. The van der Waals surface area contributed by atoms with E-state index in [1.807, 2.05) is 125 Å². The van der Waals surface area contributed by atoms with E-state index in [1.54, 1.807) is 18.2 Å². The first kappa shape index (κ1) is 118. The van der Waals surface area contributed by atoms with Gasteiger partial charge in [-0.2, -0.15) is 26.3 Å². The van der Waals surface area contributed by atoms with Crippen LogP contribution >= 0.6 is 0 Å². The molecule has 0 fully saturated rings. The van der Waals surface area contributed by atoms with E-state index in [9.17, 15) is 79.6 Å². The minimum Gasteiger partial charge on any atom is -0.743 e. The summed E-state index contributed by atoms with van der Waals surface area (Å²) in [6.07, 6.45) is 3.09. The van der Waals surface area contributed by atoms with Gasteiger partial charge < -0.3 is 72.7 Å². The Labute approximate surface area is 685 Å². The molecule has 0 aliphatic heterocycles. The van der Waals surface area contributed by atoms with Gasteiger partial charge in [-0.25, -0.2) is 39.6 Å². The second kappa shape index (κ2) is 56.7. The van der Waals surface area contributed by atoms with Crippen molar-refractivity contribution in [2.45, 2.75) is 290 Å². The molecular weight excluding hydrogens is 1590 g/mol. The molecular formula is C83H131F6O24S3-3. The number of hydrogen-bond acceptors (Lipinski definition) is 24. The molecule has 33 heteroatoms. The maximum absolute atomic E-state index is 13.0. The zero-order valence-corrected chi connectivity index (χ0v) is 74.1. The maximum Gasteiger partial charge on any atom is 0.370 e. The van der Waals surface area contributed by atoms with Gasteiger partial charge >= 0.3 is 33.7 Å². The van der Waals surface area contributed by atoms with Gasteiger partial charge in [-0.05, 0) is 196 Å². The number of benzene rings is 6. The number of halogens is 6. The average Bonchev–Trinajstić information content (AvgIpc) is 0.821. The third kappa shape index (κ3) is 51.6. The van der Waals surface area contributed by atoms with E-state index in [1.165, 1.54) is 44.5 Å². The zero-order chi connectivity index (χ0) is 91.6. The van der Waals surface area contributed by atoms with E-state index in [2.05, 4.69) is 133 Å². The fourth-order valence-electron chi connectivity index (χ4n) is 6.92. The summed E-state index contributed by atoms with van der Waals surface area (Å²) in [5.41, 5.74) is -2.50. The Morgan fingerprint density at radius 1 is 0.319 bits per heavy atom. The Morgan fingerprint density at radius 2 is 0.483 bits per heavy atom. The highest BCUT2D eigenvalue weighted by atomic mass is 32.2. The van der Waals surface area contributed by atoms with E-state index >= 15 is 0 Å². The Hall–Kier alpha value is -6.70. The van der Waals surface area contributed by atoms with Gasteiger partial charge in [0.05, 0.1) is 33.6 Å². The number of alkyl halides is 6. The van der Waals surface area contributed by atoms with E-state index in [4.69, 9.17) is 35.4 Å². The quantitative estimate of drug-likeness (QED) is 0.00873. The molecule has 116 heavy (non-hydrogen) atoms. The monoisotopic (exact) mass is 1720 g/mol. The number of para-hydroxylation sites is 1. The second-order valence-electron chi connectivity index (χ2n) is 28.0. The summed E-state index contributed by atoms with van der Waals surface area (Å²) in [7, 11) is -15.4. The second-order valence-corrected chi connectivity index (χ2v) is 32.4. The highest BCUT2D eigenvalue weighted by Crippen LogP contribution is 2.30. The SMILES string of the molecule is CC(OC(=O)COc1ccccc1)C(F)(F)S(=O)(=O)[O-].CCC(C)(O)CC.CCC(C)(O)CC.CCC(C)(O)CC.CCC(C)(O)CC.CCC(C)(O)CC.CCC(C)(O)CC.COCC(=O)OC(C)C(F)(F)S(=O)(=O)[O-].COCC(=O)OC(C)C(F)(F)S(=O)(=O)[O-].c1ccc2cc3ccccc3cc2c1.c1ccc2ccccc2c1. The maximum atomic E-state index is 13.0. The Morgan fingerprint density at radius 3 is 0.638 bits per heavy atom. The summed E-state index contributed by atoms with van der Waals surface area (Å²) in [6.45, 7) is 34.9. The van der Waals surface area contributed by atoms with Crippen molar-refractivity contribution in [1.29, 1.82) is 0 Å². The Balaban J connectivity index is -0.000000398. The molecule has 0 aromatic heterocycles. The number of ether oxygens (including phenoxy) is 6. The van der Waals surface area contributed by atoms with Crippen molar-refractivity contribution in [1.82, 2.24) is 0 Å². The lowest BCUT2D eigenvalue weighted by Gasteiger charge is -2.25. The summed E-state index contributed by atoms with van der Waals surface area (Å²) >= 11 is 0. The third-order valence-electron chi connectivity index (χ3n) is 18.4. The Bertz CT molecular complexity index is 3620. The summed E-state index contributed by atoms with van der Waals surface area (Å²) in [5, 5.41) is 48.6. The normalized spacial score (nSPS) is 12.7. The molecule has 0 radical (unpaired) electrons. The standard InChI is InChI=1S/C14H10.C11H12F2O6S.C10H8.2C6H10F2O6S.6C6H14O/c1-2-6-12-10-14-8-4-3-7-13(14)9-11(12)5-1;1-8(11(12,13)20(15,16)17)19-10(14)7-18-9-5-3-2-4-6-9;1-2-6-10-8-4-3-7-9(10)5-1;2*1-4(14-5(9)3-13-2)6(7,8)15(10,11)12;6*1-4-6(3,7)5-2/h1-10H;2-6,8H,7H2,1H3,(H,15,16,17);1-8H;2*4H,3H2,1-2H3,(H,10,11,12);6*7H,4-5H2,1-3H3/p-3. The molecule has 0 saturated heterocycles. The van der Waals surface area contributed by atoms with Crippen LogP contribution in [0.5, 0.6) is 5.75 Å². The fourth-order valence-corrected chi connectivity index (χ4v) is 8.28. The van der Waals surface area contributed by atoms with Crippen LogP contribution in [0.25, 0.3) is 32.3 Å². The summed E-state index contributed by atoms with van der Waals surface area (Å²) < 4.78 is 194. The van der Waals surface area contributed by atoms with Crippen molar-refractivity contribution < 1.29 is 139 Å². The van der Waals surface area contributed by atoms with E-state index in [0.717, 1.165) is 91.3 Å². The lowest BCUT2D eigenvalue weighted by Crippen LogP contribution is -2.42. The first-order valence-corrected chi connectivity index (χ1v) is 42.1. The number of esters is 3. The van der Waals surface area contributed by atoms with Crippen LogP contribution in [-0.4, -0.2) is 189 Å². The minimum atomic E-state index is -5.92. The number of fused-ring (bicyclic) bond motifs is 3. The van der Waals surface area contributed by atoms with Crippen molar-refractivity contribution in [3.8, 4) is 5.75 Å². The van der Waals surface area contributed by atoms with Gasteiger partial charge in [0, 0.05) is 14.2 Å². The molecule has 3 unspecified atom stereocenters. The van der Waals surface area contributed by atoms with Crippen molar-refractivity contribution in [2.24, 2.45) is 0 Å². The largest absolute Gasteiger partial charge is 0.743 e. The predicted molar refractivity (Wildman–Crippen MR) is 439 cm³/mol. The molecule has 24 nitrogen and oxygen atoms in total. The van der Waals surface area contributed by atoms with Gasteiger partial charge in [-0.15, -0.1) is 0 Å². The molecule has 0 bridgehead atoms. The number of aliphatic hydroxyl groups is 6. The van der Waals surface area contributed by atoms with Crippen LogP contribution in [0.3, 0.4) is 0 Å². The number of methoxy groups -OCH3 is 2. The van der Waals surface area contributed by atoms with Crippen molar-refractivity contribution in [3.05, 3.63) is 140 Å². The van der Waals surface area contributed by atoms with Gasteiger partial charge in [-0.3, -0.25) is 0 Å². The highest BCUT2D eigenvalue weighted by molar-refractivity contribution is 7.87. The predicted octanol–water partition coefficient (Wildman–Crippen LogP) is 16.7. The van der Waals surface area contributed by atoms with Crippen LogP contribution in [0.2, 0.25) is 0 Å². The first-order valence-electron chi connectivity index (χ1n) is 37.9. The molecule has 6 aromatic carbocycles. The summed E-state index contributed by atoms with van der Waals surface area (Å²) in [4.78, 5) is 32.5. The van der Waals surface area contributed by atoms with E-state index in [0.29, 0.717) is 26.5 Å². The molecule has 0 aliphatic carbocycles. The minimum absolute atomic E-state index is 0.306. The average molecular weight is 1720 g/mol. The van der Waals surface area contributed by atoms with Crippen molar-refractivity contribution >= 4 is 80.6 Å².